The molecule has 3 aromatic rings. The van der Waals surface area contributed by atoms with Crippen molar-refractivity contribution in [2.75, 3.05) is 5.01 Å². The summed E-state index contributed by atoms with van der Waals surface area (Å²) in [6, 6.07) is 14.4. The van der Waals surface area contributed by atoms with Gasteiger partial charge in [0.2, 0.25) is 0 Å². The molecule has 134 valence electrons. The van der Waals surface area contributed by atoms with Crippen LogP contribution in [0.25, 0.3) is 11.3 Å². The summed E-state index contributed by atoms with van der Waals surface area (Å²) < 4.78 is 5.94. The topological polar surface area (TPSA) is 122 Å². The lowest BCUT2D eigenvalue weighted by Gasteiger charge is -2.21. The number of carbonyl (C=O) groups is 1. The van der Waals surface area contributed by atoms with Crippen LogP contribution in [-0.2, 0) is 6.61 Å². The van der Waals surface area contributed by atoms with Crippen molar-refractivity contribution >= 4 is 11.7 Å². The van der Waals surface area contributed by atoms with E-state index in [4.69, 9.17) is 16.4 Å². The number of nitrogens with one attached hydrogen (secondary N) is 2. The third-order valence-corrected chi connectivity index (χ3v) is 4.02. The highest BCUT2D eigenvalue weighted by Gasteiger charge is 2.16. The number of rotatable bonds is 5. The van der Waals surface area contributed by atoms with Gasteiger partial charge in [-0.1, -0.05) is 24.3 Å². The number of aromatic amines is 1. The number of aryl methyl sites for hydroxylation is 1. The first-order valence-electron chi connectivity index (χ1n) is 7.96. The number of carbonyl (C=O) groups excluding carboxylic acids is 1. The molecule has 1 heterocycles. The van der Waals surface area contributed by atoms with Gasteiger partial charge in [0.05, 0.1) is 11.4 Å². The average Bonchev–Trinajstić information content (AvgIpc) is 3.20. The van der Waals surface area contributed by atoms with Gasteiger partial charge in [-0.3, -0.25) is 10.5 Å². The predicted molar refractivity (Wildman–Crippen MR) is 98.9 cm³/mol. The summed E-state index contributed by atoms with van der Waals surface area (Å²) in [5, 5.41) is 7.84. The molecule has 2 amide bonds. The van der Waals surface area contributed by atoms with Crippen LogP contribution >= 0.6 is 0 Å². The number of anilines is 1. The molecule has 2 aromatic carbocycles. The van der Waals surface area contributed by atoms with Gasteiger partial charge < -0.3 is 4.74 Å². The minimum Gasteiger partial charge on any atom is -0.489 e. The molecule has 0 saturated carbocycles. The van der Waals surface area contributed by atoms with Crippen molar-refractivity contribution in [3.8, 4) is 17.0 Å². The molecule has 0 radical (unpaired) electrons. The third-order valence-electron chi connectivity index (χ3n) is 4.02. The SMILES string of the molecule is Cc1cccc(N(N)C(=O)NN)c1COc1cccc(-c2ccn[nH]2)c1. The number of urea groups is 1. The van der Waals surface area contributed by atoms with Crippen LogP contribution < -0.4 is 26.9 Å². The molecule has 0 aliphatic heterocycles. The van der Waals surface area contributed by atoms with Gasteiger partial charge in [-0.15, -0.1) is 0 Å². The molecule has 6 N–H and O–H groups in total. The number of ether oxygens (including phenoxy) is 1. The van der Waals surface area contributed by atoms with E-state index >= 15 is 0 Å². The fourth-order valence-corrected chi connectivity index (χ4v) is 2.60. The fourth-order valence-electron chi connectivity index (χ4n) is 2.60. The maximum absolute atomic E-state index is 11.7. The highest BCUT2D eigenvalue weighted by Crippen LogP contribution is 2.26. The summed E-state index contributed by atoms with van der Waals surface area (Å²) in [5.41, 5.74) is 6.16. The van der Waals surface area contributed by atoms with Crippen molar-refractivity contribution in [1.82, 2.24) is 15.6 Å². The lowest BCUT2D eigenvalue weighted by molar-refractivity contribution is 0.246. The van der Waals surface area contributed by atoms with E-state index in [1.165, 1.54) is 0 Å². The van der Waals surface area contributed by atoms with Crippen molar-refractivity contribution in [2.45, 2.75) is 13.5 Å². The Bertz CT molecular complexity index is 894. The number of H-pyrrole nitrogens is 1. The van der Waals surface area contributed by atoms with E-state index < -0.39 is 6.03 Å². The van der Waals surface area contributed by atoms with Crippen LogP contribution in [0.3, 0.4) is 0 Å². The second-order valence-electron chi connectivity index (χ2n) is 5.68. The fraction of sp³-hybridized carbons (Fsp3) is 0.111. The van der Waals surface area contributed by atoms with Gasteiger partial charge in [-0.2, -0.15) is 5.10 Å². The molecule has 0 aliphatic carbocycles. The number of nitrogens with two attached hydrogens (primary N) is 2. The molecule has 3 rings (SSSR count). The van der Waals surface area contributed by atoms with Crippen LogP contribution in [0.5, 0.6) is 5.75 Å². The van der Waals surface area contributed by atoms with Crippen LogP contribution in [0.15, 0.2) is 54.7 Å². The third kappa shape index (κ3) is 3.66. The van der Waals surface area contributed by atoms with Crippen molar-refractivity contribution in [3.05, 3.63) is 65.9 Å². The van der Waals surface area contributed by atoms with E-state index in [1.807, 2.05) is 54.8 Å². The standard InChI is InChI=1S/C18H20N6O2/c1-12-4-2-7-17(24(20)18(25)22-19)15(12)11-26-14-6-3-5-13(10-14)16-8-9-21-23-16/h2-10H,11,19-20H2,1H3,(H,21,23)(H,22,25). The first-order valence-corrected chi connectivity index (χ1v) is 7.96. The zero-order valence-electron chi connectivity index (χ0n) is 14.3. The van der Waals surface area contributed by atoms with E-state index in [0.29, 0.717) is 11.4 Å². The molecule has 0 unspecified atom stereocenters. The van der Waals surface area contributed by atoms with Crippen molar-refractivity contribution < 1.29 is 9.53 Å². The molecule has 0 saturated heterocycles. The Labute approximate surface area is 150 Å². The van der Waals surface area contributed by atoms with Gasteiger partial charge >= 0.3 is 6.03 Å². The number of aromatic nitrogens is 2. The maximum atomic E-state index is 11.7. The molecular weight excluding hydrogens is 332 g/mol. The molecule has 0 aliphatic rings. The Balaban J connectivity index is 1.82. The Morgan fingerprint density at radius 2 is 2.08 bits per heavy atom. The quantitative estimate of drug-likeness (QED) is 0.319. The summed E-state index contributed by atoms with van der Waals surface area (Å²) in [6.45, 7) is 2.18. The molecule has 0 fully saturated rings. The number of hydrogen-bond donors (Lipinski definition) is 4. The summed E-state index contributed by atoms with van der Waals surface area (Å²) in [6.07, 6.45) is 1.70. The van der Waals surface area contributed by atoms with Gasteiger partial charge in [0.25, 0.3) is 0 Å². The number of amides is 2. The summed E-state index contributed by atoms with van der Waals surface area (Å²) in [7, 11) is 0. The van der Waals surface area contributed by atoms with Gasteiger partial charge in [0.15, 0.2) is 0 Å². The van der Waals surface area contributed by atoms with Crippen LogP contribution in [-0.4, -0.2) is 16.2 Å². The van der Waals surface area contributed by atoms with Crippen molar-refractivity contribution in [1.29, 1.82) is 0 Å². The van der Waals surface area contributed by atoms with Crippen molar-refractivity contribution in [3.63, 3.8) is 0 Å². The van der Waals surface area contributed by atoms with Crippen LogP contribution in [0.2, 0.25) is 0 Å². The highest BCUT2D eigenvalue weighted by atomic mass is 16.5. The second kappa shape index (κ2) is 7.68. The normalized spacial score (nSPS) is 10.4. The number of nitrogens with zero attached hydrogens (tertiary/aromatic N) is 2. The molecule has 0 spiro atoms. The van der Waals surface area contributed by atoms with Crippen LogP contribution in [0, 0.1) is 6.92 Å². The van der Waals surface area contributed by atoms with Crippen molar-refractivity contribution in [2.24, 2.45) is 11.7 Å². The smallest absolute Gasteiger partial charge is 0.350 e. The number of benzene rings is 2. The number of hydrogen-bond acceptors (Lipinski definition) is 5. The summed E-state index contributed by atoms with van der Waals surface area (Å²) in [5.74, 6) is 11.7. The first kappa shape index (κ1) is 17.5. The molecular formula is C18H20N6O2. The van der Waals surface area contributed by atoms with E-state index in [0.717, 1.165) is 27.4 Å². The maximum Gasteiger partial charge on any atom is 0.350 e. The monoisotopic (exact) mass is 352 g/mol. The lowest BCUT2D eigenvalue weighted by Crippen LogP contribution is -2.48. The molecule has 8 heteroatoms. The van der Waals surface area contributed by atoms with E-state index in [1.54, 1.807) is 12.3 Å². The summed E-state index contributed by atoms with van der Waals surface area (Å²) >= 11 is 0. The summed E-state index contributed by atoms with van der Waals surface area (Å²) in [4.78, 5) is 11.7. The molecule has 8 nitrogen and oxygen atoms in total. The van der Waals surface area contributed by atoms with Crippen LogP contribution in [0.4, 0.5) is 10.5 Å². The number of hydrazine groups is 2. The van der Waals surface area contributed by atoms with Gasteiger partial charge in [-0.05, 0) is 36.8 Å². The van der Waals surface area contributed by atoms with E-state index in [-0.39, 0.29) is 6.61 Å². The first-order chi connectivity index (χ1) is 12.6. The van der Waals surface area contributed by atoms with Gasteiger partial charge in [0, 0.05) is 17.3 Å². The molecule has 26 heavy (non-hydrogen) atoms. The Morgan fingerprint density at radius 1 is 1.27 bits per heavy atom. The zero-order chi connectivity index (χ0) is 18.5. The van der Waals surface area contributed by atoms with Gasteiger partial charge in [0.1, 0.15) is 12.4 Å². The zero-order valence-corrected chi connectivity index (χ0v) is 14.3. The Kier molecular flexibility index (Phi) is 5.16. The van der Waals surface area contributed by atoms with Crippen LogP contribution in [0.1, 0.15) is 11.1 Å². The lowest BCUT2D eigenvalue weighted by atomic mass is 10.1. The molecule has 0 atom stereocenters. The second-order valence-corrected chi connectivity index (χ2v) is 5.68. The highest BCUT2D eigenvalue weighted by molar-refractivity contribution is 5.91. The minimum absolute atomic E-state index is 0.250. The van der Waals surface area contributed by atoms with E-state index in [9.17, 15) is 4.79 Å². The molecule has 1 aromatic heterocycles. The van der Waals surface area contributed by atoms with Gasteiger partial charge in [-0.25, -0.2) is 21.5 Å². The Hall–Kier alpha value is -3.36. The minimum atomic E-state index is -0.613. The average molecular weight is 352 g/mol. The largest absolute Gasteiger partial charge is 0.489 e. The molecule has 0 bridgehead atoms. The van der Waals surface area contributed by atoms with E-state index in [2.05, 4.69) is 10.2 Å². The Morgan fingerprint density at radius 3 is 2.81 bits per heavy atom. The predicted octanol–water partition coefficient (Wildman–Crippen LogP) is 2.23.